The van der Waals surface area contributed by atoms with Crippen LogP contribution < -0.4 is 5.32 Å². The average molecular weight is 250 g/mol. The van der Waals surface area contributed by atoms with Crippen LogP contribution in [0.1, 0.15) is 29.6 Å². The van der Waals surface area contributed by atoms with Crippen LogP contribution in [0.15, 0.2) is 16.7 Å². The molecule has 1 aromatic heterocycles. The first kappa shape index (κ1) is 12.4. The molecule has 0 saturated heterocycles. The molecule has 0 aromatic carbocycles. The minimum Gasteiger partial charge on any atom is -0.452 e. The topological polar surface area (TPSA) is 42.2 Å². The van der Waals surface area contributed by atoms with Gasteiger partial charge in [-0.3, -0.25) is 4.79 Å². The molecular formula is C10H13Cl2NO2. The standard InChI is InChI=1S/C10H13Cl2NO2/c11-5-2-1-3-6-13-10(14)8-4-7-15-9(8)12/h4,7H,1-3,5-6H2,(H,13,14). The van der Waals surface area contributed by atoms with Gasteiger partial charge in [0.25, 0.3) is 5.91 Å². The molecule has 0 atom stereocenters. The summed E-state index contributed by atoms with van der Waals surface area (Å²) >= 11 is 11.2. The second kappa shape index (κ2) is 6.75. The van der Waals surface area contributed by atoms with Crippen LogP contribution in [0.25, 0.3) is 0 Å². The molecular weight excluding hydrogens is 237 g/mol. The highest BCUT2D eigenvalue weighted by molar-refractivity contribution is 6.32. The lowest BCUT2D eigenvalue weighted by Crippen LogP contribution is -2.24. The minimum absolute atomic E-state index is 0.133. The largest absolute Gasteiger partial charge is 0.452 e. The van der Waals surface area contributed by atoms with Gasteiger partial charge in [-0.05, 0) is 30.5 Å². The van der Waals surface area contributed by atoms with E-state index in [0.717, 1.165) is 19.3 Å². The summed E-state index contributed by atoms with van der Waals surface area (Å²) in [4.78, 5) is 11.5. The van der Waals surface area contributed by atoms with Crippen molar-refractivity contribution in [3.8, 4) is 0 Å². The Morgan fingerprint density at radius 1 is 1.40 bits per heavy atom. The molecule has 1 aromatic rings. The van der Waals surface area contributed by atoms with Gasteiger partial charge in [-0.25, -0.2) is 0 Å². The Bertz CT molecular complexity index is 312. The predicted molar refractivity (Wildman–Crippen MR) is 60.6 cm³/mol. The normalized spacial score (nSPS) is 10.3. The summed E-state index contributed by atoms with van der Waals surface area (Å²) in [5.74, 6) is 0.473. The van der Waals surface area contributed by atoms with Gasteiger partial charge in [0.2, 0.25) is 5.22 Å². The van der Waals surface area contributed by atoms with Crippen LogP contribution in [0.3, 0.4) is 0 Å². The molecule has 1 heterocycles. The van der Waals surface area contributed by atoms with Crippen molar-refractivity contribution in [2.45, 2.75) is 19.3 Å². The lowest BCUT2D eigenvalue weighted by atomic mass is 10.2. The smallest absolute Gasteiger partial charge is 0.256 e. The van der Waals surface area contributed by atoms with E-state index >= 15 is 0 Å². The van der Waals surface area contributed by atoms with Gasteiger partial charge in [-0.15, -0.1) is 11.6 Å². The molecule has 0 aliphatic carbocycles. The van der Waals surface area contributed by atoms with E-state index in [1.807, 2.05) is 0 Å². The summed E-state index contributed by atoms with van der Waals surface area (Å²) in [5.41, 5.74) is 0.383. The van der Waals surface area contributed by atoms with Crippen molar-refractivity contribution in [3.63, 3.8) is 0 Å². The van der Waals surface area contributed by atoms with E-state index in [9.17, 15) is 4.79 Å². The van der Waals surface area contributed by atoms with Crippen LogP contribution in [-0.2, 0) is 0 Å². The molecule has 3 nitrogen and oxygen atoms in total. The summed E-state index contributed by atoms with van der Waals surface area (Å²) in [6, 6.07) is 1.55. The molecule has 0 saturated carbocycles. The zero-order valence-electron chi connectivity index (χ0n) is 8.26. The maximum Gasteiger partial charge on any atom is 0.256 e. The first-order chi connectivity index (χ1) is 7.25. The van der Waals surface area contributed by atoms with Gasteiger partial charge in [-0.2, -0.15) is 0 Å². The van der Waals surface area contributed by atoms with E-state index in [1.54, 1.807) is 6.07 Å². The molecule has 0 radical (unpaired) electrons. The van der Waals surface area contributed by atoms with Crippen molar-refractivity contribution < 1.29 is 9.21 Å². The molecule has 0 aliphatic heterocycles. The Balaban J connectivity index is 2.22. The van der Waals surface area contributed by atoms with E-state index in [-0.39, 0.29) is 11.1 Å². The molecule has 1 rings (SSSR count). The van der Waals surface area contributed by atoms with Crippen LogP contribution >= 0.6 is 23.2 Å². The highest BCUT2D eigenvalue weighted by Crippen LogP contribution is 2.15. The van der Waals surface area contributed by atoms with Gasteiger partial charge >= 0.3 is 0 Å². The Kier molecular flexibility index (Phi) is 5.58. The van der Waals surface area contributed by atoms with Crippen LogP contribution in [0.5, 0.6) is 0 Å². The lowest BCUT2D eigenvalue weighted by molar-refractivity contribution is 0.0952. The van der Waals surface area contributed by atoms with E-state index in [0.29, 0.717) is 18.0 Å². The van der Waals surface area contributed by atoms with Gasteiger partial charge in [-0.1, -0.05) is 6.42 Å². The van der Waals surface area contributed by atoms with E-state index in [1.165, 1.54) is 6.26 Å². The van der Waals surface area contributed by atoms with Gasteiger partial charge < -0.3 is 9.73 Å². The molecule has 0 bridgehead atoms. The Hall–Kier alpha value is -0.670. The molecule has 0 spiro atoms. The lowest BCUT2D eigenvalue weighted by Gasteiger charge is -2.02. The van der Waals surface area contributed by atoms with E-state index in [2.05, 4.69) is 5.32 Å². The fourth-order valence-corrected chi connectivity index (χ4v) is 1.54. The number of furan rings is 1. The summed E-state index contributed by atoms with van der Waals surface area (Å²) in [6.07, 6.45) is 4.31. The average Bonchev–Trinajstić information content (AvgIpc) is 2.64. The monoisotopic (exact) mass is 249 g/mol. The van der Waals surface area contributed by atoms with Crippen molar-refractivity contribution in [2.75, 3.05) is 12.4 Å². The highest BCUT2D eigenvalue weighted by Gasteiger charge is 2.11. The first-order valence-electron chi connectivity index (χ1n) is 4.83. The number of carbonyl (C=O) groups excluding carboxylic acids is 1. The minimum atomic E-state index is -0.195. The van der Waals surface area contributed by atoms with Gasteiger partial charge in [0.05, 0.1) is 11.8 Å². The van der Waals surface area contributed by atoms with Crippen molar-refractivity contribution in [2.24, 2.45) is 0 Å². The predicted octanol–water partition coefficient (Wildman–Crippen LogP) is 3.07. The fourth-order valence-electron chi connectivity index (χ4n) is 1.15. The molecule has 84 valence electrons. The van der Waals surface area contributed by atoms with Crippen molar-refractivity contribution in [1.29, 1.82) is 0 Å². The number of hydrogen-bond donors (Lipinski definition) is 1. The van der Waals surface area contributed by atoms with Crippen molar-refractivity contribution >= 4 is 29.1 Å². The number of amides is 1. The Labute approximate surface area is 98.7 Å². The van der Waals surface area contributed by atoms with Crippen LogP contribution in [0.2, 0.25) is 5.22 Å². The molecule has 0 unspecified atom stereocenters. The molecule has 1 amide bonds. The second-order valence-electron chi connectivity index (χ2n) is 3.11. The highest BCUT2D eigenvalue weighted by atomic mass is 35.5. The maximum absolute atomic E-state index is 11.5. The number of nitrogens with one attached hydrogen (secondary N) is 1. The Morgan fingerprint density at radius 2 is 2.20 bits per heavy atom. The summed E-state index contributed by atoms with van der Waals surface area (Å²) in [5, 5.41) is 2.89. The maximum atomic E-state index is 11.5. The number of alkyl halides is 1. The molecule has 0 aliphatic rings. The second-order valence-corrected chi connectivity index (χ2v) is 3.83. The molecule has 5 heteroatoms. The summed E-state index contributed by atoms with van der Waals surface area (Å²) in [6.45, 7) is 0.636. The van der Waals surface area contributed by atoms with E-state index < -0.39 is 0 Å². The first-order valence-corrected chi connectivity index (χ1v) is 5.74. The van der Waals surface area contributed by atoms with E-state index in [4.69, 9.17) is 27.6 Å². The zero-order valence-corrected chi connectivity index (χ0v) is 9.77. The molecule has 1 N–H and O–H groups in total. The number of hydrogen-bond acceptors (Lipinski definition) is 2. The number of unbranched alkanes of at least 4 members (excludes halogenated alkanes) is 2. The van der Waals surface area contributed by atoms with Crippen LogP contribution in [0.4, 0.5) is 0 Å². The zero-order chi connectivity index (χ0) is 11.1. The van der Waals surface area contributed by atoms with Gasteiger partial charge in [0.1, 0.15) is 0 Å². The summed E-state index contributed by atoms with van der Waals surface area (Å²) in [7, 11) is 0. The quantitative estimate of drug-likeness (QED) is 0.622. The molecule has 0 fully saturated rings. The van der Waals surface area contributed by atoms with Gasteiger partial charge in [0.15, 0.2) is 0 Å². The fraction of sp³-hybridized carbons (Fsp3) is 0.500. The summed E-state index contributed by atoms with van der Waals surface area (Å²) < 4.78 is 4.82. The third kappa shape index (κ3) is 4.14. The van der Waals surface area contributed by atoms with Crippen molar-refractivity contribution in [3.05, 3.63) is 23.1 Å². The SMILES string of the molecule is O=C(NCCCCCCl)c1ccoc1Cl. The third-order valence-corrected chi connectivity index (χ3v) is 2.52. The molecule has 15 heavy (non-hydrogen) atoms. The Morgan fingerprint density at radius 3 is 2.80 bits per heavy atom. The number of carbonyl (C=O) groups is 1. The van der Waals surface area contributed by atoms with Gasteiger partial charge in [0, 0.05) is 12.4 Å². The van der Waals surface area contributed by atoms with Crippen molar-refractivity contribution in [1.82, 2.24) is 5.32 Å². The van der Waals surface area contributed by atoms with Crippen LogP contribution in [0, 0.1) is 0 Å². The third-order valence-electron chi connectivity index (χ3n) is 1.96. The number of rotatable bonds is 6. The number of halogens is 2. The van der Waals surface area contributed by atoms with Crippen LogP contribution in [-0.4, -0.2) is 18.3 Å².